The molecule has 1 aliphatic rings. The summed E-state index contributed by atoms with van der Waals surface area (Å²) in [5.74, 6) is -0.413. The highest BCUT2D eigenvalue weighted by molar-refractivity contribution is 7.89. The van der Waals surface area contributed by atoms with Gasteiger partial charge in [-0.3, -0.25) is 9.59 Å². The molecular formula is C23H28ClN3O4S. The van der Waals surface area contributed by atoms with Crippen LogP contribution >= 0.6 is 11.6 Å². The number of hydrogen-bond donors (Lipinski definition) is 2. The van der Waals surface area contributed by atoms with E-state index in [1.54, 1.807) is 62.1 Å². The molecule has 2 aromatic rings. The SMILES string of the molecule is CC(C)(C)NS(=O)(=O)c1ccc(NC(=O)C2CCN(C(=O)c3ccc(Cl)cc3)CC2)cc1. The Kier molecular flexibility index (Phi) is 7.27. The second-order valence-electron chi connectivity index (χ2n) is 8.94. The molecule has 1 fully saturated rings. The standard InChI is InChI=1S/C23H28ClN3O4S/c1-23(2,3)26-32(30,31)20-10-8-19(9-11-20)25-21(28)16-12-14-27(15-13-16)22(29)17-4-6-18(24)7-5-17/h4-11,16,26H,12-15H2,1-3H3,(H,25,28). The van der Waals surface area contributed by atoms with Crippen molar-refractivity contribution < 1.29 is 18.0 Å². The number of amides is 2. The van der Waals surface area contributed by atoms with Crippen LogP contribution in [0.4, 0.5) is 5.69 Å². The number of benzene rings is 2. The second kappa shape index (κ2) is 9.60. The van der Waals surface area contributed by atoms with E-state index in [9.17, 15) is 18.0 Å². The molecule has 0 aliphatic carbocycles. The molecule has 0 spiro atoms. The Balaban J connectivity index is 1.55. The zero-order valence-electron chi connectivity index (χ0n) is 18.4. The van der Waals surface area contributed by atoms with Gasteiger partial charge in [-0.15, -0.1) is 0 Å². The lowest BCUT2D eigenvalue weighted by molar-refractivity contribution is -0.121. The van der Waals surface area contributed by atoms with Crippen molar-refractivity contribution in [3.8, 4) is 0 Å². The summed E-state index contributed by atoms with van der Waals surface area (Å²) in [4.78, 5) is 27.2. The highest BCUT2D eigenvalue weighted by atomic mass is 35.5. The van der Waals surface area contributed by atoms with E-state index in [1.807, 2.05) is 0 Å². The van der Waals surface area contributed by atoms with Gasteiger partial charge in [-0.05, 0) is 82.1 Å². The topological polar surface area (TPSA) is 95.6 Å². The van der Waals surface area contributed by atoms with Crippen LogP contribution in [0.3, 0.4) is 0 Å². The largest absolute Gasteiger partial charge is 0.339 e. The summed E-state index contributed by atoms with van der Waals surface area (Å²) < 4.78 is 27.4. The first kappa shape index (κ1) is 24.2. The van der Waals surface area contributed by atoms with Gasteiger partial charge in [0.05, 0.1) is 4.90 Å². The van der Waals surface area contributed by atoms with Gasteiger partial charge >= 0.3 is 0 Å². The van der Waals surface area contributed by atoms with Gasteiger partial charge in [0.25, 0.3) is 5.91 Å². The van der Waals surface area contributed by atoms with Crippen molar-refractivity contribution >= 4 is 39.1 Å². The second-order valence-corrected chi connectivity index (χ2v) is 11.1. The van der Waals surface area contributed by atoms with Gasteiger partial charge in [0.2, 0.25) is 15.9 Å². The number of likely N-dealkylation sites (tertiary alicyclic amines) is 1. The number of nitrogens with one attached hydrogen (secondary N) is 2. The number of piperidine rings is 1. The molecule has 2 amide bonds. The number of nitrogens with zero attached hydrogens (tertiary/aromatic N) is 1. The Bertz CT molecular complexity index is 1070. The molecule has 7 nitrogen and oxygen atoms in total. The fraction of sp³-hybridized carbons (Fsp3) is 0.391. The van der Waals surface area contributed by atoms with Crippen LogP contribution in [0.25, 0.3) is 0 Å². The maximum atomic E-state index is 12.7. The predicted octanol–water partition coefficient (Wildman–Crippen LogP) is 3.91. The molecule has 1 heterocycles. The number of rotatable bonds is 5. The van der Waals surface area contributed by atoms with Crippen LogP contribution in [0.15, 0.2) is 53.4 Å². The molecule has 0 radical (unpaired) electrons. The predicted molar refractivity (Wildman–Crippen MR) is 125 cm³/mol. The number of halogens is 1. The summed E-state index contributed by atoms with van der Waals surface area (Å²) in [6.07, 6.45) is 1.13. The van der Waals surface area contributed by atoms with Gasteiger partial charge in [0.15, 0.2) is 0 Å². The third-order valence-electron chi connectivity index (χ3n) is 5.12. The fourth-order valence-electron chi connectivity index (χ4n) is 3.54. The molecule has 0 bridgehead atoms. The molecule has 3 rings (SSSR count). The molecule has 1 aliphatic heterocycles. The maximum Gasteiger partial charge on any atom is 0.253 e. The Morgan fingerprint density at radius 3 is 2.06 bits per heavy atom. The molecule has 9 heteroatoms. The number of sulfonamides is 1. The summed E-state index contributed by atoms with van der Waals surface area (Å²) in [7, 11) is -3.63. The first-order valence-electron chi connectivity index (χ1n) is 10.4. The quantitative estimate of drug-likeness (QED) is 0.682. The average Bonchev–Trinajstić information content (AvgIpc) is 2.72. The van der Waals surface area contributed by atoms with Crippen LogP contribution in [-0.4, -0.2) is 43.8 Å². The van der Waals surface area contributed by atoms with Crippen molar-refractivity contribution in [1.29, 1.82) is 0 Å². The molecule has 0 aromatic heterocycles. The fourth-order valence-corrected chi connectivity index (χ4v) is 5.09. The minimum Gasteiger partial charge on any atom is -0.339 e. The van der Waals surface area contributed by atoms with E-state index >= 15 is 0 Å². The molecule has 0 atom stereocenters. The van der Waals surface area contributed by atoms with Crippen molar-refractivity contribution in [1.82, 2.24) is 9.62 Å². The molecule has 2 aromatic carbocycles. The van der Waals surface area contributed by atoms with Crippen LogP contribution in [-0.2, 0) is 14.8 Å². The van der Waals surface area contributed by atoms with Crippen molar-refractivity contribution in [2.45, 2.75) is 44.0 Å². The van der Waals surface area contributed by atoms with Crippen LogP contribution < -0.4 is 10.0 Å². The van der Waals surface area contributed by atoms with Gasteiger partial charge in [-0.1, -0.05) is 11.6 Å². The maximum absolute atomic E-state index is 12.7. The number of carbonyl (C=O) groups excluding carboxylic acids is 2. The van der Waals surface area contributed by atoms with Crippen molar-refractivity contribution in [2.75, 3.05) is 18.4 Å². The molecule has 1 saturated heterocycles. The van der Waals surface area contributed by atoms with Crippen LogP contribution in [0.2, 0.25) is 5.02 Å². The Morgan fingerprint density at radius 2 is 1.53 bits per heavy atom. The molecule has 0 saturated carbocycles. The number of anilines is 1. The van der Waals surface area contributed by atoms with Crippen molar-refractivity contribution in [3.63, 3.8) is 0 Å². The Labute approximate surface area is 194 Å². The third kappa shape index (κ3) is 6.31. The number of hydrogen-bond acceptors (Lipinski definition) is 4. The lowest BCUT2D eigenvalue weighted by Crippen LogP contribution is -2.41. The highest BCUT2D eigenvalue weighted by Crippen LogP contribution is 2.22. The Morgan fingerprint density at radius 1 is 0.969 bits per heavy atom. The van der Waals surface area contributed by atoms with Crippen LogP contribution in [0.5, 0.6) is 0 Å². The highest BCUT2D eigenvalue weighted by Gasteiger charge is 2.28. The monoisotopic (exact) mass is 477 g/mol. The van der Waals surface area contributed by atoms with Gasteiger partial charge in [0.1, 0.15) is 0 Å². The first-order chi connectivity index (χ1) is 14.9. The lowest BCUT2D eigenvalue weighted by atomic mass is 9.95. The summed E-state index contributed by atoms with van der Waals surface area (Å²) in [5, 5.41) is 3.43. The van der Waals surface area contributed by atoms with E-state index in [4.69, 9.17) is 11.6 Å². The zero-order valence-corrected chi connectivity index (χ0v) is 20.0. The van der Waals surface area contributed by atoms with E-state index in [2.05, 4.69) is 10.0 Å². The summed E-state index contributed by atoms with van der Waals surface area (Å²) in [6, 6.07) is 12.9. The van der Waals surface area contributed by atoms with E-state index < -0.39 is 15.6 Å². The van der Waals surface area contributed by atoms with E-state index in [0.29, 0.717) is 42.2 Å². The molecule has 172 valence electrons. The summed E-state index contributed by atoms with van der Waals surface area (Å²) >= 11 is 5.88. The normalized spacial score (nSPS) is 15.4. The summed E-state index contributed by atoms with van der Waals surface area (Å²) in [5.41, 5.74) is 0.521. The third-order valence-corrected chi connectivity index (χ3v) is 7.14. The average molecular weight is 478 g/mol. The van der Waals surface area contributed by atoms with E-state index in [-0.39, 0.29) is 22.6 Å². The van der Waals surface area contributed by atoms with Gasteiger partial charge in [0, 0.05) is 40.8 Å². The van der Waals surface area contributed by atoms with Gasteiger partial charge in [-0.2, -0.15) is 0 Å². The Hall–Kier alpha value is -2.42. The molecule has 32 heavy (non-hydrogen) atoms. The first-order valence-corrected chi connectivity index (χ1v) is 12.3. The minimum atomic E-state index is -3.63. The van der Waals surface area contributed by atoms with Gasteiger partial charge in [-0.25, -0.2) is 13.1 Å². The van der Waals surface area contributed by atoms with Crippen LogP contribution in [0, 0.1) is 5.92 Å². The van der Waals surface area contributed by atoms with E-state index in [1.165, 1.54) is 12.1 Å². The van der Waals surface area contributed by atoms with Crippen LogP contribution in [0.1, 0.15) is 44.0 Å². The number of carbonyl (C=O) groups is 2. The van der Waals surface area contributed by atoms with E-state index in [0.717, 1.165) is 0 Å². The smallest absolute Gasteiger partial charge is 0.253 e. The lowest BCUT2D eigenvalue weighted by Gasteiger charge is -2.31. The van der Waals surface area contributed by atoms with Gasteiger partial charge < -0.3 is 10.2 Å². The van der Waals surface area contributed by atoms with Crippen molar-refractivity contribution in [2.24, 2.45) is 5.92 Å². The van der Waals surface area contributed by atoms with Crippen molar-refractivity contribution in [3.05, 3.63) is 59.1 Å². The molecule has 0 unspecified atom stereocenters. The molecule has 2 N–H and O–H groups in total. The summed E-state index contributed by atoms with van der Waals surface area (Å²) in [6.45, 7) is 6.30. The minimum absolute atomic E-state index is 0.0683. The molecular weight excluding hydrogens is 450 g/mol. The zero-order chi connectivity index (χ0) is 23.5.